The smallest absolute Gasteiger partial charge is 0.212 e. The van der Waals surface area contributed by atoms with Crippen LogP contribution >= 0.6 is 11.6 Å². The van der Waals surface area contributed by atoms with E-state index in [1.807, 2.05) is 18.2 Å². The number of hydrogen-bond donors (Lipinski definition) is 0. The summed E-state index contributed by atoms with van der Waals surface area (Å²) in [6.45, 7) is 0. The summed E-state index contributed by atoms with van der Waals surface area (Å²) >= 11 is 5.99. The molecule has 3 aromatic rings. The second-order valence-electron chi connectivity index (χ2n) is 4.07. The molecule has 19 heavy (non-hydrogen) atoms. The Labute approximate surface area is 114 Å². The van der Waals surface area contributed by atoms with Gasteiger partial charge in [0.2, 0.25) is 5.78 Å². The highest BCUT2D eigenvalue weighted by Gasteiger charge is 2.14. The average molecular weight is 269 g/mol. The lowest BCUT2D eigenvalue weighted by Gasteiger charge is -2.03. The van der Waals surface area contributed by atoms with Crippen molar-refractivity contribution in [3.63, 3.8) is 0 Å². The molecular formula is C15H9ClN2O. The van der Waals surface area contributed by atoms with Crippen molar-refractivity contribution in [2.75, 3.05) is 0 Å². The van der Waals surface area contributed by atoms with E-state index in [1.165, 1.54) is 0 Å². The van der Waals surface area contributed by atoms with Gasteiger partial charge in [-0.25, -0.2) is 0 Å². The van der Waals surface area contributed by atoms with Gasteiger partial charge in [0.15, 0.2) is 0 Å². The molecule has 0 amide bonds. The summed E-state index contributed by atoms with van der Waals surface area (Å²) in [5, 5.41) is 1.28. The molecule has 92 valence electrons. The third-order valence-corrected chi connectivity index (χ3v) is 3.14. The molecule has 1 aromatic carbocycles. The van der Waals surface area contributed by atoms with Gasteiger partial charge < -0.3 is 0 Å². The van der Waals surface area contributed by atoms with E-state index in [9.17, 15) is 4.79 Å². The van der Waals surface area contributed by atoms with E-state index >= 15 is 0 Å². The van der Waals surface area contributed by atoms with Gasteiger partial charge in [-0.1, -0.05) is 17.7 Å². The molecule has 0 saturated heterocycles. The van der Waals surface area contributed by atoms with Crippen LogP contribution in [0.1, 0.15) is 16.1 Å². The summed E-state index contributed by atoms with van der Waals surface area (Å²) in [6, 6.07) is 12.5. The van der Waals surface area contributed by atoms with Crippen molar-refractivity contribution < 1.29 is 4.79 Å². The highest BCUT2D eigenvalue weighted by atomic mass is 35.5. The van der Waals surface area contributed by atoms with Crippen LogP contribution in [0.25, 0.3) is 10.9 Å². The SMILES string of the molecule is O=C(c1ccc2ncccc2c1)c1ncccc1Cl. The third kappa shape index (κ3) is 2.20. The number of carbonyl (C=O) groups is 1. The number of halogens is 1. The number of rotatable bonds is 2. The second-order valence-corrected chi connectivity index (χ2v) is 4.48. The number of fused-ring (bicyclic) bond motifs is 1. The Morgan fingerprint density at radius 1 is 1.00 bits per heavy atom. The summed E-state index contributed by atoms with van der Waals surface area (Å²) in [5.41, 5.74) is 1.68. The van der Waals surface area contributed by atoms with Gasteiger partial charge in [-0.15, -0.1) is 0 Å². The molecule has 0 spiro atoms. The number of carbonyl (C=O) groups excluding carboxylic acids is 1. The van der Waals surface area contributed by atoms with E-state index in [4.69, 9.17) is 11.6 Å². The molecule has 0 aliphatic carbocycles. The van der Waals surface area contributed by atoms with Crippen LogP contribution in [0, 0.1) is 0 Å². The van der Waals surface area contributed by atoms with Crippen LogP contribution in [-0.2, 0) is 0 Å². The van der Waals surface area contributed by atoms with Crippen LogP contribution in [0.15, 0.2) is 54.9 Å². The topological polar surface area (TPSA) is 42.9 Å². The van der Waals surface area contributed by atoms with Crippen molar-refractivity contribution in [2.24, 2.45) is 0 Å². The minimum atomic E-state index is -0.184. The Balaban J connectivity index is 2.09. The van der Waals surface area contributed by atoms with E-state index in [1.54, 1.807) is 36.7 Å². The lowest BCUT2D eigenvalue weighted by Crippen LogP contribution is -2.04. The van der Waals surface area contributed by atoms with Crippen LogP contribution < -0.4 is 0 Å². The normalized spacial score (nSPS) is 10.6. The van der Waals surface area contributed by atoms with Gasteiger partial charge >= 0.3 is 0 Å². The lowest BCUT2D eigenvalue weighted by molar-refractivity contribution is 0.103. The number of ketones is 1. The van der Waals surface area contributed by atoms with Gasteiger partial charge in [-0.2, -0.15) is 0 Å². The predicted octanol–water partition coefficient (Wildman–Crippen LogP) is 3.51. The summed E-state index contributed by atoms with van der Waals surface area (Å²) in [4.78, 5) is 20.6. The number of pyridine rings is 2. The molecule has 0 atom stereocenters. The van der Waals surface area contributed by atoms with E-state index in [0.717, 1.165) is 10.9 Å². The quantitative estimate of drug-likeness (QED) is 0.668. The maximum absolute atomic E-state index is 12.3. The minimum Gasteiger partial charge on any atom is -0.287 e. The fourth-order valence-corrected chi connectivity index (χ4v) is 2.11. The molecule has 0 fully saturated rings. The van der Waals surface area contributed by atoms with E-state index in [2.05, 4.69) is 9.97 Å². The molecule has 3 rings (SSSR count). The van der Waals surface area contributed by atoms with Crippen LogP contribution in [-0.4, -0.2) is 15.8 Å². The van der Waals surface area contributed by atoms with E-state index in [-0.39, 0.29) is 11.5 Å². The molecule has 0 N–H and O–H groups in total. The zero-order valence-corrected chi connectivity index (χ0v) is 10.6. The molecule has 0 saturated carbocycles. The van der Waals surface area contributed by atoms with Crippen molar-refractivity contribution >= 4 is 28.3 Å². The van der Waals surface area contributed by atoms with Gasteiger partial charge in [-0.3, -0.25) is 14.8 Å². The zero-order chi connectivity index (χ0) is 13.2. The standard InChI is InChI=1S/C15H9ClN2O/c16-12-4-2-8-18-14(12)15(19)11-5-6-13-10(9-11)3-1-7-17-13/h1-9H. The van der Waals surface area contributed by atoms with Gasteiger partial charge in [-0.05, 0) is 36.4 Å². The minimum absolute atomic E-state index is 0.184. The molecule has 2 aromatic heterocycles. The largest absolute Gasteiger partial charge is 0.287 e. The maximum atomic E-state index is 12.3. The Bertz CT molecular complexity index is 771. The van der Waals surface area contributed by atoms with Crippen molar-refractivity contribution in [1.29, 1.82) is 0 Å². The maximum Gasteiger partial charge on any atom is 0.212 e. The highest BCUT2D eigenvalue weighted by molar-refractivity contribution is 6.34. The number of benzene rings is 1. The van der Waals surface area contributed by atoms with Crippen molar-refractivity contribution in [1.82, 2.24) is 9.97 Å². The Morgan fingerprint density at radius 2 is 1.79 bits per heavy atom. The van der Waals surface area contributed by atoms with Crippen molar-refractivity contribution in [3.05, 3.63) is 71.1 Å². The fraction of sp³-hybridized carbons (Fsp3) is 0. The van der Waals surface area contributed by atoms with Crippen molar-refractivity contribution in [3.8, 4) is 0 Å². The Hall–Kier alpha value is -2.26. The summed E-state index contributed by atoms with van der Waals surface area (Å²) in [7, 11) is 0. The molecule has 2 heterocycles. The first-order valence-corrected chi connectivity index (χ1v) is 6.13. The molecule has 0 radical (unpaired) electrons. The highest BCUT2D eigenvalue weighted by Crippen LogP contribution is 2.19. The van der Waals surface area contributed by atoms with Crippen molar-refractivity contribution in [2.45, 2.75) is 0 Å². The number of hydrogen-bond acceptors (Lipinski definition) is 3. The monoisotopic (exact) mass is 268 g/mol. The van der Waals surface area contributed by atoms with Crippen LogP contribution in [0.5, 0.6) is 0 Å². The van der Waals surface area contributed by atoms with Gasteiger partial charge in [0, 0.05) is 23.3 Å². The second kappa shape index (κ2) is 4.78. The lowest BCUT2D eigenvalue weighted by atomic mass is 10.0. The number of aromatic nitrogens is 2. The number of nitrogens with zero attached hydrogens (tertiary/aromatic N) is 2. The van der Waals surface area contributed by atoms with Gasteiger partial charge in [0.1, 0.15) is 5.69 Å². The Kier molecular flexibility index (Phi) is 2.97. The molecule has 3 nitrogen and oxygen atoms in total. The summed E-state index contributed by atoms with van der Waals surface area (Å²) in [6.07, 6.45) is 3.28. The predicted molar refractivity (Wildman–Crippen MR) is 74.4 cm³/mol. The van der Waals surface area contributed by atoms with Gasteiger partial charge in [0.05, 0.1) is 10.5 Å². The van der Waals surface area contributed by atoms with E-state index in [0.29, 0.717) is 10.6 Å². The first-order chi connectivity index (χ1) is 9.25. The molecule has 0 bridgehead atoms. The Morgan fingerprint density at radius 3 is 2.63 bits per heavy atom. The zero-order valence-electron chi connectivity index (χ0n) is 9.88. The molecular weight excluding hydrogens is 260 g/mol. The van der Waals surface area contributed by atoms with Crippen LogP contribution in [0.2, 0.25) is 5.02 Å². The molecule has 0 aliphatic rings. The first kappa shape index (κ1) is 11.8. The molecule has 4 heteroatoms. The fourth-order valence-electron chi connectivity index (χ4n) is 1.91. The van der Waals surface area contributed by atoms with Gasteiger partial charge in [0.25, 0.3) is 0 Å². The summed E-state index contributed by atoms with van der Waals surface area (Å²) in [5.74, 6) is -0.184. The molecule has 0 aliphatic heterocycles. The van der Waals surface area contributed by atoms with E-state index < -0.39 is 0 Å². The average Bonchev–Trinajstić information content (AvgIpc) is 2.46. The summed E-state index contributed by atoms with van der Waals surface area (Å²) < 4.78 is 0. The van der Waals surface area contributed by atoms with Crippen LogP contribution in [0.4, 0.5) is 0 Å². The van der Waals surface area contributed by atoms with Crippen LogP contribution in [0.3, 0.4) is 0 Å². The third-order valence-electron chi connectivity index (χ3n) is 2.84. The first-order valence-electron chi connectivity index (χ1n) is 5.76. The molecule has 0 unspecified atom stereocenters.